The number of esters is 4. The van der Waals surface area contributed by atoms with Crippen molar-refractivity contribution >= 4 is 39.5 Å². The largest absolute Gasteiger partial charge is 0.472 e. The number of rotatable bonds is 66. The van der Waals surface area contributed by atoms with Crippen LogP contribution in [0.2, 0.25) is 0 Å². The number of hydrogen-bond acceptors (Lipinski definition) is 15. The highest BCUT2D eigenvalue weighted by Gasteiger charge is 2.30. The minimum Gasteiger partial charge on any atom is -0.462 e. The normalized spacial score (nSPS) is 14.6. The molecule has 0 radical (unpaired) electrons. The minimum absolute atomic E-state index is 0.102. The van der Waals surface area contributed by atoms with Gasteiger partial charge in [-0.3, -0.25) is 37.3 Å². The van der Waals surface area contributed by atoms with Crippen molar-refractivity contribution in [2.75, 3.05) is 39.6 Å². The highest BCUT2D eigenvalue weighted by atomic mass is 31.2. The van der Waals surface area contributed by atoms with Gasteiger partial charge in [0, 0.05) is 25.7 Å². The maximum Gasteiger partial charge on any atom is 0.472 e. The summed E-state index contributed by atoms with van der Waals surface area (Å²) in [4.78, 5) is 72.4. The summed E-state index contributed by atoms with van der Waals surface area (Å²) >= 11 is 0. The number of aliphatic hydroxyl groups excluding tert-OH is 1. The first kappa shape index (κ1) is 86.1. The Balaban J connectivity index is 5.19. The summed E-state index contributed by atoms with van der Waals surface area (Å²) in [6.45, 7) is 14.0. The van der Waals surface area contributed by atoms with Crippen LogP contribution >= 0.6 is 15.6 Å². The molecule has 0 aliphatic carbocycles. The van der Waals surface area contributed by atoms with Crippen LogP contribution < -0.4 is 0 Å². The van der Waals surface area contributed by atoms with Gasteiger partial charge < -0.3 is 33.8 Å². The summed E-state index contributed by atoms with van der Waals surface area (Å²) in [5, 5.41) is 10.6. The second-order valence-corrected chi connectivity index (χ2v) is 29.5. The van der Waals surface area contributed by atoms with Crippen LogP contribution in [0.1, 0.15) is 338 Å². The minimum atomic E-state index is -4.95. The van der Waals surface area contributed by atoms with Gasteiger partial charge in [-0.2, -0.15) is 0 Å². The Morgan fingerprint density at radius 3 is 0.807 bits per heavy atom. The van der Waals surface area contributed by atoms with E-state index in [-0.39, 0.29) is 25.7 Å². The molecule has 0 rings (SSSR count). The molecule has 0 aromatic carbocycles. The average Bonchev–Trinajstić information content (AvgIpc) is 3.50. The van der Waals surface area contributed by atoms with Gasteiger partial charge in [-0.05, 0) is 49.4 Å². The van der Waals surface area contributed by atoms with E-state index in [1.54, 1.807) is 0 Å². The number of unbranched alkanes of at least 4 members (excludes halogenated alkanes) is 31. The molecule has 0 saturated carbocycles. The first-order valence-electron chi connectivity index (χ1n) is 35.7. The lowest BCUT2D eigenvalue weighted by molar-refractivity contribution is -0.161. The third-order valence-electron chi connectivity index (χ3n) is 16.2. The Bertz CT molecular complexity index is 1750. The molecule has 0 heterocycles. The third-order valence-corrected chi connectivity index (χ3v) is 18.1. The summed E-state index contributed by atoms with van der Waals surface area (Å²) in [6.07, 6.45) is 40.6. The fourth-order valence-corrected chi connectivity index (χ4v) is 11.9. The number of ether oxygens (including phenoxy) is 4. The molecule has 88 heavy (non-hydrogen) atoms. The van der Waals surface area contributed by atoms with E-state index >= 15 is 0 Å². The number of carbonyl (C=O) groups excluding carboxylic acids is 4. The molecule has 0 amide bonds. The van der Waals surface area contributed by atoms with Crippen LogP contribution in [0, 0.1) is 23.7 Å². The average molecular weight is 1300 g/mol. The molecule has 0 saturated heterocycles. The zero-order valence-electron chi connectivity index (χ0n) is 57.3. The van der Waals surface area contributed by atoms with Crippen LogP contribution in [-0.4, -0.2) is 96.7 Å². The van der Waals surface area contributed by atoms with Crippen molar-refractivity contribution in [3.05, 3.63) is 0 Å². The van der Waals surface area contributed by atoms with Gasteiger partial charge in [0.25, 0.3) is 0 Å². The molecule has 522 valence electrons. The Morgan fingerprint density at radius 2 is 0.545 bits per heavy atom. The molecular weight excluding hydrogens is 1160 g/mol. The number of phosphoric ester groups is 2. The smallest absolute Gasteiger partial charge is 0.462 e. The van der Waals surface area contributed by atoms with Gasteiger partial charge in [0.15, 0.2) is 12.2 Å². The molecule has 0 aliphatic heterocycles. The Kier molecular flexibility index (Phi) is 57.6. The fraction of sp³-hybridized carbons (Fsp3) is 0.942. The Morgan fingerprint density at radius 1 is 0.318 bits per heavy atom. The quantitative estimate of drug-likeness (QED) is 0.0222. The molecule has 0 fully saturated rings. The summed E-state index contributed by atoms with van der Waals surface area (Å²) in [7, 11) is -9.90. The van der Waals surface area contributed by atoms with Crippen molar-refractivity contribution < 1.29 is 80.2 Å². The van der Waals surface area contributed by atoms with Crippen LogP contribution in [0.4, 0.5) is 0 Å². The van der Waals surface area contributed by atoms with Crippen molar-refractivity contribution in [3.63, 3.8) is 0 Å². The van der Waals surface area contributed by atoms with Crippen molar-refractivity contribution in [2.45, 2.75) is 356 Å². The second kappa shape index (κ2) is 58.8. The molecule has 6 atom stereocenters. The number of phosphoric acid groups is 2. The van der Waals surface area contributed by atoms with Crippen LogP contribution in [0.15, 0.2) is 0 Å². The number of hydrogen-bond donors (Lipinski definition) is 3. The van der Waals surface area contributed by atoms with E-state index in [9.17, 15) is 43.2 Å². The first-order valence-corrected chi connectivity index (χ1v) is 38.7. The van der Waals surface area contributed by atoms with E-state index in [4.69, 9.17) is 37.0 Å². The maximum absolute atomic E-state index is 13.0. The highest BCUT2D eigenvalue weighted by molar-refractivity contribution is 7.47. The first-order chi connectivity index (χ1) is 42.1. The number of carbonyl (C=O) groups is 4. The molecule has 0 aromatic heterocycles. The molecular formula is C69H134O17P2. The van der Waals surface area contributed by atoms with E-state index < -0.39 is 97.5 Å². The second-order valence-electron chi connectivity index (χ2n) is 26.6. The molecule has 0 bridgehead atoms. The lowest BCUT2D eigenvalue weighted by Gasteiger charge is -2.21. The van der Waals surface area contributed by atoms with Crippen molar-refractivity contribution in [3.8, 4) is 0 Å². The maximum atomic E-state index is 13.0. The fourth-order valence-electron chi connectivity index (χ4n) is 10.3. The van der Waals surface area contributed by atoms with Crippen LogP contribution in [0.5, 0.6) is 0 Å². The Hall–Kier alpha value is -1.94. The van der Waals surface area contributed by atoms with E-state index in [1.807, 2.05) is 0 Å². The van der Waals surface area contributed by atoms with Gasteiger partial charge in [0.1, 0.15) is 19.3 Å². The zero-order valence-corrected chi connectivity index (χ0v) is 59.1. The lowest BCUT2D eigenvalue weighted by Crippen LogP contribution is -2.30. The van der Waals surface area contributed by atoms with Crippen LogP contribution in [0.25, 0.3) is 0 Å². The van der Waals surface area contributed by atoms with E-state index in [1.165, 1.54) is 135 Å². The van der Waals surface area contributed by atoms with Gasteiger partial charge in [0.2, 0.25) is 0 Å². The standard InChI is InChI=1S/C69H134O17P2/c1-9-62(8)48-40-32-23-18-19-25-35-43-51-68(73)85-64(55-80-67(72)50-42-34-26-20-22-30-38-46-60(4)5)57-83-87(75,76)81-53-63(70)54-82-88(77,78)84-58-65(86-69(74)52-44-36-28-27-31-39-47-61(6)7)56-79-66(71)49-41-33-24-17-15-13-11-10-12-14-16-21-29-37-45-59(2)3/h59-65,70H,9-58H2,1-8H3,(H,75,76)(H,77,78)/t62?,63?,64-,65-/m1/s1. The summed E-state index contributed by atoms with van der Waals surface area (Å²) < 4.78 is 68.2. The van der Waals surface area contributed by atoms with Gasteiger partial charge >= 0.3 is 39.5 Å². The topological polar surface area (TPSA) is 237 Å². The third kappa shape index (κ3) is 61.6. The molecule has 19 heteroatoms. The van der Waals surface area contributed by atoms with Gasteiger partial charge in [-0.15, -0.1) is 0 Å². The summed E-state index contributed by atoms with van der Waals surface area (Å²) in [6, 6.07) is 0. The highest BCUT2D eigenvalue weighted by Crippen LogP contribution is 2.45. The molecule has 3 N–H and O–H groups in total. The summed E-state index contributed by atoms with van der Waals surface area (Å²) in [5.41, 5.74) is 0. The molecule has 0 spiro atoms. The monoisotopic (exact) mass is 1300 g/mol. The van der Waals surface area contributed by atoms with Gasteiger partial charge in [-0.25, -0.2) is 9.13 Å². The molecule has 4 unspecified atom stereocenters. The predicted octanol–water partition coefficient (Wildman–Crippen LogP) is 19.3. The van der Waals surface area contributed by atoms with Crippen LogP contribution in [0.3, 0.4) is 0 Å². The van der Waals surface area contributed by atoms with Gasteiger partial charge in [0.05, 0.1) is 26.4 Å². The predicted molar refractivity (Wildman–Crippen MR) is 354 cm³/mol. The van der Waals surface area contributed by atoms with Crippen molar-refractivity contribution in [1.82, 2.24) is 0 Å². The van der Waals surface area contributed by atoms with Crippen molar-refractivity contribution in [1.29, 1.82) is 0 Å². The van der Waals surface area contributed by atoms with Crippen molar-refractivity contribution in [2.24, 2.45) is 23.7 Å². The Labute approximate surface area is 537 Å². The van der Waals surface area contributed by atoms with Crippen LogP contribution in [-0.2, 0) is 65.4 Å². The lowest BCUT2D eigenvalue weighted by atomic mass is 9.99. The van der Waals surface area contributed by atoms with E-state index in [2.05, 4.69) is 55.4 Å². The zero-order chi connectivity index (χ0) is 65.4. The molecule has 17 nitrogen and oxygen atoms in total. The molecule has 0 aliphatic rings. The van der Waals surface area contributed by atoms with E-state index in [0.29, 0.717) is 37.5 Å². The SMILES string of the molecule is CCC(C)CCCCCCCCCCC(=O)O[C@H](COC(=O)CCCCCCCCCC(C)C)COP(=O)(O)OCC(O)COP(=O)(O)OC[C@@H](COC(=O)CCCCCCCCCCCCCCCCC(C)C)OC(=O)CCCCCCCCC(C)C. The summed E-state index contributed by atoms with van der Waals surface area (Å²) in [5.74, 6) is 0.806. The van der Waals surface area contributed by atoms with E-state index in [0.717, 1.165) is 108 Å². The number of aliphatic hydroxyl groups is 1. The molecule has 0 aromatic rings. The van der Waals surface area contributed by atoms with Gasteiger partial charge in [-0.1, -0.05) is 287 Å².